The highest BCUT2D eigenvalue weighted by Crippen LogP contribution is 2.29. The molecule has 0 aliphatic rings. The zero-order valence-electron chi connectivity index (χ0n) is 9.80. The summed E-state index contributed by atoms with van der Waals surface area (Å²) < 4.78 is 5.75. The first-order chi connectivity index (χ1) is 8.88. The number of carbonyl (C=O) groups excluding carboxylic acids is 1. The summed E-state index contributed by atoms with van der Waals surface area (Å²) in [5.41, 5.74) is 2.88. The van der Waals surface area contributed by atoms with Crippen LogP contribution in [0.4, 0.5) is 0 Å². The maximum Gasteiger partial charge on any atom is 0.135 e. The fourth-order valence-electron chi connectivity index (χ4n) is 2.11. The van der Waals surface area contributed by atoms with Crippen LogP contribution in [-0.4, -0.2) is 6.29 Å². The third-order valence-corrected chi connectivity index (χ3v) is 2.94. The van der Waals surface area contributed by atoms with E-state index in [0.717, 1.165) is 33.8 Å². The molecule has 0 aliphatic carbocycles. The van der Waals surface area contributed by atoms with Crippen molar-refractivity contribution in [3.8, 4) is 0 Å². The molecule has 0 fully saturated rings. The van der Waals surface area contributed by atoms with E-state index in [4.69, 9.17) is 4.42 Å². The number of benzene rings is 2. The van der Waals surface area contributed by atoms with Gasteiger partial charge in [-0.05, 0) is 23.8 Å². The molecule has 0 N–H and O–H groups in total. The zero-order chi connectivity index (χ0) is 12.4. The van der Waals surface area contributed by atoms with Crippen molar-refractivity contribution in [3.63, 3.8) is 0 Å². The Morgan fingerprint density at radius 1 is 1.00 bits per heavy atom. The van der Waals surface area contributed by atoms with Crippen LogP contribution in [0.15, 0.2) is 53.0 Å². The summed E-state index contributed by atoms with van der Waals surface area (Å²) in [4.78, 5) is 10.3. The number of hydrogen-bond acceptors (Lipinski definition) is 2. The third kappa shape index (κ3) is 1.82. The minimum absolute atomic E-state index is 0.449. The maximum absolute atomic E-state index is 10.3. The van der Waals surface area contributed by atoms with Crippen LogP contribution in [0.3, 0.4) is 0 Å². The van der Waals surface area contributed by atoms with Crippen molar-refractivity contribution in [1.82, 2.24) is 0 Å². The smallest absolute Gasteiger partial charge is 0.135 e. The lowest BCUT2D eigenvalue weighted by atomic mass is 10.1. The fraction of sp³-hybridized carbons (Fsp3) is 0.0625. The molecule has 0 amide bonds. The van der Waals surface area contributed by atoms with E-state index in [1.165, 1.54) is 0 Å². The molecule has 2 nitrogen and oxygen atoms in total. The number of aldehydes is 1. The molecule has 0 radical (unpaired) electrons. The molecule has 1 heterocycles. The Balaban J connectivity index is 2.15. The van der Waals surface area contributed by atoms with Gasteiger partial charge in [0.15, 0.2) is 0 Å². The molecule has 0 unspecified atom stereocenters. The molecule has 0 aliphatic heterocycles. The number of fused-ring (bicyclic) bond motifs is 3. The third-order valence-electron chi connectivity index (χ3n) is 2.94. The number of hydrogen-bond donors (Lipinski definition) is 0. The number of para-hydroxylation sites is 1. The van der Waals surface area contributed by atoms with Crippen LogP contribution in [0.2, 0.25) is 0 Å². The highest BCUT2D eigenvalue weighted by molar-refractivity contribution is 6.05. The van der Waals surface area contributed by atoms with E-state index in [0.29, 0.717) is 6.42 Å². The van der Waals surface area contributed by atoms with Crippen molar-refractivity contribution < 1.29 is 9.21 Å². The van der Waals surface area contributed by atoms with E-state index in [2.05, 4.69) is 12.1 Å². The second-order valence-electron chi connectivity index (χ2n) is 4.16. The van der Waals surface area contributed by atoms with E-state index >= 15 is 0 Å². The topological polar surface area (TPSA) is 30.2 Å². The molecule has 0 saturated carbocycles. The summed E-state index contributed by atoms with van der Waals surface area (Å²) in [6.45, 7) is 0. The van der Waals surface area contributed by atoms with Gasteiger partial charge in [0.2, 0.25) is 0 Å². The minimum Gasteiger partial charge on any atom is -0.456 e. The predicted octanol–water partition coefficient (Wildman–Crippen LogP) is 4.19. The Kier molecular flexibility index (Phi) is 2.69. The van der Waals surface area contributed by atoms with Crippen molar-refractivity contribution in [2.75, 3.05) is 0 Å². The summed E-state index contributed by atoms with van der Waals surface area (Å²) in [6, 6.07) is 14.0. The van der Waals surface area contributed by atoms with E-state index in [1.807, 2.05) is 42.5 Å². The van der Waals surface area contributed by atoms with Gasteiger partial charge in [0.25, 0.3) is 0 Å². The van der Waals surface area contributed by atoms with Crippen LogP contribution in [0, 0.1) is 0 Å². The van der Waals surface area contributed by atoms with Gasteiger partial charge >= 0.3 is 0 Å². The molecule has 2 aromatic carbocycles. The molecule has 0 atom stereocenters. The first-order valence-electron chi connectivity index (χ1n) is 5.90. The summed E-state index contributed by atoms with van der Waals surface area (Å²) in [7, 11) is 0. The molecule has 0 spiro atoms. The number of allylic oxidation sites excluding steroid dienone is 1. The van der Waals surface area contributed by atoms with Crippen molar-refractivity contribution in [2.45, 2.75) is 6.42 Å². The summed E-state index contributed by atoms with van der Waals surface area (Å²) in [5.74, 6) is 0. The number of carbonyl (C=O) groups is 1. The number of rotatable bonds is 3. The Morgan fingerprint density at radius 3 is 2.72 bits per heavy atom. The molecular formula is C16H12O2. The van der Waals surface area contributed by atoms with Crippen LogP contribution in [0.25, 0.3) is 28.0 Å². The second kappa shape index (κ2) is 4.49. The highest BCUT2D eigenvalue weighted by atomic mass is 16.3. The van der Waals surface area contributed by atoms with E-state index < -0.39 is 0 Å². The Bertz CT molecular complexity index is 735. The molecule has 1 aromatic heterocycles. The zero-order valence-corrected chi connectivity index (χ0v) is 9.80. The van der Waals surface area contributed by atoms with Gasteiger partial charge in [-0.1, -0.05) is 36.4 Å². The van der Waals surface area contributed by atoms with E-state index in [9.17, 15) is 4.79 Å². The van der Waals surface area contributed by atoms with Gasteiger partial charge in [-0.25, -0.2) is 0 Å². The van der Waals surface area contributed by atoms with Gasteiger partial charge in [-0.15, -0.1) is 0 Å². The van der Waals surface area contributed by atoms with Crippen LogP contribution in [0.1, 0.15) is 12.0 Å². The van der Waals surface area contributed by atoms with Crippen molar-refractivity contribution in [2.24, 2.45) is 0 Å². The monoisotopic (exact) mass is 236 g/mol. The van der Waals surface area contributed by atoms with Gasteiger partial charge in [0, 0.05) is 17.2 Å². The van der Waals surface area contributed by atoms with Gasteiger partial charge < -0.3 is 9.21 Å². The van der Waals surface area contributed by atoms with Crippen LogP contribution < -0.4 is 0 Å². The lowest BCUT2D eigenvalue weighted by molar-refractivity contribution is -0.107. The van der Waals surface area contributed by atoms with Crippen molar-refractivity contribution >= 4 is 34.3 Å². The van der Waals surface area contributed by atoms with Crippen LogP contribution >= 0.6 is 0 Å². The number of furan rings is 1. The Labute approximate surface area is 105 Å². The van der Waals surface area contributed by atoms with Gasteiger partial charge in [-0.3, -0.25) is 0 Å². The SMILES string of the molecule is O=CCC=Cc1ccc2oc3ccccc3c2c1. The van der Waals surface area contributed by atoms with Gasteiger partial charge in [0.05, 0.1) is 0 Å². The van der Waals surface area contributed by atoms with Crippen LogP contribution in [-0.2, 0) is 4.79 Å². The average molecular weight is 236 g/mol. The lowest BCUT2D eigenvalue weighted by Crippen LogP contribution is -1.73. The maximum atomic E-state index is 10.3. The molecular weight excluding hydrogens is 224 g/mol. The Hall–Kier alpha value is -2.35. The first-order valence-corrected chi connectivity index (χ1v) is 5.90. The van der Waals surface area contributed by atoms with E-state index in [1.54, 1.807) is 0 Å². The summed E-state index contributed by atoms with van der Waals surface area (Å²) in [6.07, 6.45) is 5.15. The highest BCUT2D eigenvalue weighted by Gasteiger charge is 2.05. The summed E-state index contributed by atoms with van der Waals surface area (Å²) in [5, 5.41) is 2.23. The molecule has 2 heteroatoms. The molecule has 3 rings (SSSR count). The van der Waals surface area contributed by atoms with Crippen molar-refractivity contribution in [1.29, 1.82) is 0 Å². The van der Waals surface area contributed by atoms with Gasteiger partial charge in [-0.2, -0.15) is 0 Å². The Morgan fingerprint density at radius 2 is 1.83 bits per heavy atom. The molecule has 3 aromatic rings. The normalized spacial score (nSPS) is 11.6. The molecule has 88 valence electrons. The second-order valence-corrected chi connectivity index (χ2v) is 4.16. The lowest BCUT2D eigenvalue weighted by Gasteiger charge is -1.93. The fourth-order valence-corrected chi connectivity index (χ4v) is 2.11. The quantitative estimate of drug-likeness (QED) is 0.638. The summed E-state index contributed by atoms with van der Waals surface area (Å²) >= 11 is 0. The minimum atomic E-state index is 0.449. The predicted molar refractivity (Wildman–Crippen MR) is 73.4 cm³/mol. The van der Waals surface area contributed by atoms with Crippen molar-refractivity contribution in [3.05, 3.63) is 54.1 Å². The molecule has 18 heavy (non-hydrogen) atoms. The first kappa shape index (κ1) is 10.8. The molecule has 0 bridgehead atoms. The van der Waals surface area contributed by atoms with E-state index in [-0.39, 0.29) is 0 Å². The van der Waals surface area contributed by atoms with Gasteiger partial charge in [0.1, 0.15) is 17.5 Å². The molecule has 0 saturated heterocycles. The average Bonchev–Trinajstić information content (AvgIpc) is 2.77. The largest absolute Gasteiger partial charge is 0.456 e. The standard InChI is InChI=1S/C16H12O2/c17-10-4-3-5-12-8-9-16-14(11-12)13-6-1-2-7-15(13)18-16/h1-3,5-11H,4H2. The van der Waals surface area contributed by atoms with Crippen LogP contribution in [0.5, 0.6) is 0 Å².